The first-order valence-corrected chi connectivity index (χ1v) is 8.50. The average molecular weight is 350 g/mol. The highest BCUT2D eigenvalue weighted by atomic mass is 35.5. The summed E-state index contributed by atoms with van der Waals surface area (Å²) >= 11 is 6.22. The van der Waals surface area contributed by atoms with E-state index < -0.39 is 6.04 Å². The molecule has 3 amide bonds. The Hall–Kier alpha value is -2.08. The summed E-state index contributed by atoms with van der Waals surface area (Å²) in [5.74, 6) is -0.677. The first-order valence-electron chi connectivity index (χ1n) is 8.12. The van der Waals surface area contributed by atoms with Gasteiger partial charge in [0.2, 0.25) is 17.7 Å². The lowest BCUT2D eigenvalue weighted by atomic mass is 10.2. The second kappa shape index (κ2) is 6.81. The van der Waals surface area contributed by atoms with E-state index in [1.54, 1.807) is 11.8 Å². The Balaban J connectivity index is 1.62. The zero-order valence-electron chi connectivity index (χ0n) is 13.6. The second-order valence-corrected chi connectivity index (χ2v) is 6.50. The number of halogens is 1. The molecule has 128 valence electrons. The second-order valence-electron chi connectivity index (χ2n) is 6.10. The topological polar surface area (TPSA) is 60.9 Å². The van der Waals surface area contributed by atoms with Gasteiger partial charge in [0.15, 0.2) is 0 Å². The number of amides is 3. The van der Waals surface area contributed by atoms with Crippen LogP contribution in [-0.2, 0) is 14.4 Å². The van der Waals surface area contributed by atoms with Crippen molar-refractivity contribution in [2.45, 2.75) is 25.8 Å². The van der Waals surface area contributed by atoms with Crippen molar-refractivity contribution in [1.82, 2.24) is 9.80 Å². The molecule has 0 bridgehead atoms. The SMILES string of the molecule is CC(C(=O)N1CCN(c2ccccc2Cl)CC1)N1C(=O)CCC1=O. The number of carbonyl (C=O) groups is 3. The summed E-state index contributed by atoms with van der Waals surface area (Å²) in [5.41, 5.74) is 0.962. The van der Waals surface area contributed by atoms with E-state index in [1.807, 2.05) is 24.3 Å². The predicted octanol–water partition coefficient (Wildman–Crippen LogP) is 1.53. The standard InChI is InChI=1S/C17H20ClN3O3/c1-12(21-15(22)6-7-16(21)23)17(24)20-10-8-19(9-11-20)14-5-3-2-4-13(14)18/h2-5,12H,6-11H2,1H3. The first-order chi connectivity index (χ1) is 11.5. The molecule has 2 heterocycles. The molecule has 1 aromatic carbocycles. The van der Waals surface area contributed by atoms with Crippen LogP contribution in [0, 0.1) is 0 Å². The van der Waals surface area contributed by atoms with Crippen molar-refractivity contribution in [1.29, 1.82) is 0 Å². The number of anilines is 1. The van der Waals surface area contributed by atoms with Gasteiger partial charge in [-0.25, -0.2) is 0 Å². The summed E-state index contributed by atoms with van der Waals surface area (Å²) in [4.78, 5) is 41.2. The van der Waals surface area contributed by atoms with E-state index in [0.29, 0.717) is 31.2 Å². The minimum atomic E-state index is -0.723. The Bertz CT molecular complexity index is 655. The summed E-state index contributed by atoms with van der Waals surface area (Å²) in [6, 6.07) is 6.91. The van der Waals surface area contributed by atoms with E-state index in [9.17, 15) is 14.4 Å². The van der Waals surface area contributed by atoms with E-state index in [1.165, 1.54) is 0 Å². The van der Waals surface area contributed by atoms with Gasteiger partial charge in [-0.3, -0.25) is 19.3 Å². The van der Waals surface area contributed by atoms with Crippen LogP contribution in [0.1, 0.15) is 19.8 Å². The van der Waals surface area contributed by atoms with E-state index in [0.717, 1.165) is 10.6 Å². The fraction of sp³-hybridized carbons (Fsp3) is 0.471. The van der Waals surface area contributed by atoms with Crippen LogP contribution in [0.3, 0.4) is 0 Å². The monoisotopic (exact) mass is 349 g/mol. The molecular weight excluding hydrogens is 330 g/mol. The Labute approximate surface area is 146 Å². The molecule has 1 aromatic rings. The van der Waals surface area contributed by atoms with Crippen molar-refractivity contribution >= 4 is 35.0 Å². The number of benzene rings is 1. The third-order valence-corrected chi connectivity index (χ3v) is 4.94. The molecule has 3 rings (SSSR count). The van der Waals surface area contributed by atoms with E-state index in [2.05, 4.69) is 4.90 Å². The lowest BCUT2D eigenvalue weighted by Crippen LogP contribution is -2.55. The van der Waals surface area contributed by atoms with Gasteiger partial charge in [-0.15, -0.1) is 0 Å². The Kier molecular flexibility index (Phi) is 4.76. The molecule has 7 heteroatoms. The predicted molar refractivity (Wildman–Crippen MR) is 90.8 cm³/mol. The highest BCUT2D eigenvalue weighted by Crippen LogP contribution is 2.26. The van der Waals surface area contributed by atoms with Crippen molar-refractivity contribution in [3.05, 3.63) is 29.3 Å². The summed E-state index contributed by atoms with van der Waals surface area (Å²) < 4.78 is 0. The maximum atomic E-state index is 12.6. The van der Waals surface area contributed by atoms with E-state index in [4.69, 9.17) is 11.6 Å². The normalized spacial score (nSPS) is 19.8. The Morgan fingerprint density at radius 3 is 2.21 bits per heavy atom. The molecule has 2 aliphatic heterocycles. The number of likely N-dealkylation sites (tertiary alicyclic amines) is 1. The number of rotatable bonds is 3. The number of carbonyl (C=O) groups excluding carboxylic acids is 3. The van der Waals surface area contributed by atoms with Crippen LogP contribution in [0.15, 0.2) is 24.3 Å². The molecule has 0 N–H and O–H groups in total. The van der Waals surface area contributed by atoms with Gasteiger partial charge in [0.25, 0.3) is 0 Å². The molecule has 2 aliphatic rings. The molecule has 1 atom stereocenters. The first kappa shape index (κ1) is 16.8. The Morgan fingerprint density at radius 1 is 1.04 bits per heavy atom. The molecule has 2 saturated heterocycles. The van der Waals surface area contributed by atoms with Gasteiger partial charge in [-0.2, -0.15) is 0 Å². The zero-order chi connectivity index (χ0) is 17.3. The van der Waals surface area contributed by atoms with Gasteiger partial charge in [0.1, 0.15) is 6.04 Å². The number of imide groups is 1. The zero-order valence-corrected chi connectivity index (χ0v) is 14.3. The molecular formula is C17H20ClN3O3. The van der Waals surface area contributed by atoms with Crippen molar-refractivity contribution in [2.24, 2.45) is 0 Å². The lowest BCUT2D eigenvalue weighted by Gasteiger charge is -2.38. The van der Waals surface area contributed by atoms with Crippen LogP contribution >= 0.6 is 11.6 Å². The molecule has 1 unspecified atom stereocenters. The smallest absolute Gasteiger partial charge is 0.245 e. The fourth-order valence-electron chi connectivity index (χ4n) is 3.28. The van der Waals surface area contributed by atoms with E-state index in [-0.39, 0.29) is 30.6 Å². The van der Waals surface area contributed by atoms with Gasteiger partial charge >= 0.3 is 0 Å². The number of hydrogen-bond donors (Lipinski definition) is 0. The van der Waals surface area contributed by atoms with Crippen LogP contribution < -0.4 is 4.90 Å². The van der Waals surface area contributed by atoms with Gasteiger partial charge < -0.3 is 9.80 Å². The Morgan fingerprint density at radius 2 is 1.62 bits per heavy atom. The van der Waals surface area contributed by atoms with Gasteiger partial charge in [-0.1, -0.05) is 23.7 Å². The number of para-hydroxylation sites is 1. The summed E-state index contributed by atoms with van der Waals surface area (Å²) in [7, 11) is 0. The minimum absolute atomic E-state index is 0.169. The van der Waals surface area contributed by atoms with Crippen molar-refractivity contribution < 1.29 is 14.4 Å². The molecule has 6 nitrogen and oxygen atoms in total. The summed E-state index contributed by atoms with van der Waals surface area (Å²) in [6.45, 7) is 4.06. The largest absolute Gasteiger partial charge is 0.367 e. The van der Waals surface area contributed by atoms with Crippen LogP contribution in [0.25, 0.3) is 0 Å². The average Bonchev–Trinajstić information content (AvgIpc) is 2.93. The lowest BCUT2D eigenvalue weighted by molar-refractivity contribution is -0.150. The van der Waals surface area contributed by atoms with Crippen LogP contribution in [0.4, 0.5) is 5.69 Å². The van der Waals surface area contributed by atoms with Crippen molar-refractivity contribution in [2.75, 3.05) is 31.1 Å². The van der Waals surface area contributed by atoms with Gasteiger partial charge in [-0.05, 0) is 19.1 Å². The highest BCUT2D eigenvalue weighted by Gasteiger charge is 2.38. The number of hydrogen-bond acceptors (Lipinski definition) is 4. The van der Waals surface area contributed by atoms with Gasteiger partial charge in [0.05, 0.1) is 10.7 Å². The molecule has 0 radical (unpaired) electrons. The highest BCUT2D eigenvalue weighted by molar-refractivity contribution is 6.33. The number of nitrogens with zero attached hydrogens (tertiary/aromatic N) is 3. The van der Waals surface area contributed by atoms with Crippen LogP contribution in [0.5, 0.6) is 0 Å². The van der Waals surface area contributed by atoms with Gasteiger partial charge in [0, 0.05) is 39.0 Å². The summed E-state index contributed by atoms with van der Waals surface area (Å²) in [6.07, 6.45) is 0.410. The minimum Gasteiger partial charge on any atom is -0.367 e. The molecule has 0 saturated carbocycles. The maximum absolute atomic E-state index is 12.6. The molecule has 2 fully saturated rings. The maximum Gasteiger partial charge on any atom is 0.245 e. The third-order valence-electron chi connectivity index (χ3n) is 4.62. The van der Waals surface area contributed by atoms with Crippen LogP contribution in [-0.4, -0.2) is 59.7 Å². The quantitative estimate of drug-likeness (QED) is 0.776. The van der Waals surface area contributed by atoms with Crippen LogP contribution in [0.2, 0.25) is 5.02 Å². The molecule has 0 spiro atoms. The van der Waals surface area contributed by atoms with Crippen molar-refractivity contribution in [3.63, 3.8) is 0 Å². The third kappa shape index (κ3) is 3.11. The van der Waals surface area contributed by atoms with E-state index >= 15 is 0 Å². The molecule has 0 aromatic heterocycles. The molecule has 24 heavy (non-hydrogen) atoms. The van der Waals surface area contributed by atoms with Crippen molar-refractivity contribution in [3.8, 4) is 0 Å². The fourth-order valence-corrected chi connectivity index (χ4v) is 3.53. The molecule has 0 aliphatic carbocycles. The summed E-state index contributed by atoms with van der Waals surface area (Å²) in [5, 5.41) is 0.693. The number of piperazine rings is 1.